The molecule has 2 rings (SSSR count). The van der Waals surface area contributed by atoms with Crippen LogP contribution in [0.15, 0.2) is 24.3 Å². The number of rotatable bonds is 5. The van der Waals surface area contributed by atoms with Crippen molar-refractivity contribution in [3.05, 3.63) is 34.9 Å². The third-order valence-electron chi connectivity index (χ3n) is 5.20. The minimum Gasteiger partial charge on any atom is -0.342 e. The molecule has 1 aliphatic heterocycles. The van der Waals surface area contributed by atoms with Gasteiger partial charge < -0.3 is 10.2 Å². The maximum Gasteiger partial charge on any atom is 0.233 e. The van der Waals surface area contributed by atoms with E-state index in [0.29, 0.717) is 11.1 Å². The van der Waals surface area contributed by atoms with Gasteiger partial charge in [-0.05, 0) is 50.4 Å². The van der Waals surface area contributed by atoms with Gasteiger partial charge in [0.15, 0.2) is 0 Å². The van der Waals surface area contributed by atoms with E-state index in [0.717, 1.165) is 44.3 Å². The molecule has 1 aliphatic rings. The fourth-order valence-corrected chi connectivity index (χ4v) is 3.65. The summed E-state index contributed by atoms with van der Waals surface area (Å²) in [5.74, 6) is 0.273. The van der Waals surface area contributed by atoms with E-state index < -0.39 is 5.41 Å². The molecule has 0 atom stereocenters. The van der Waals surface area contributed by atoms with Crippen LogP contribution in [-0.2, 0) is 10.2 Å². The molecular weight excluding hydrogens is 296 g/mol. The minimum atomic E-state index is -0.420. The lowest BCUT2D eigenvalue weighted by Gasteiger charge is -2.40. The van der Waals surface area contributed by atoms with Crippen LogP contribution >= 0.6 is 11.6 Å². The largest absolute Gasteiger partial charge is 0.342 e. The number of hydrogen-bond acceptors (Lipinski definition) is 2. The van der Waals surface area contributed by atoms with Crippen molar-refractivity contribution in [3.63, 3.8) is 0 Å². The second kappa shape index (κ2) is 7.47. The lowest BCUT2D eigenvalue weighted by Crippen LogP contribution is -2.51. The Morgan fingerprint density at radius 2 is 1.77 bits per heavy atom. The fraction of sp³-hybridized carbons (Fsp3) is 0.611. The Morgan fingerprint density at radius 3 is 2.23 bits per heavy atom. The van der Waals surface area contributed by atoms with Crippen LogP contribution in [0.4, 0.5) is 0 Å². The van der Waals surface area contributed by atoms with Gasteiger partial charge in [0.1, 0.15) is 0 Å². The minimum absolute atomic E-state index is 0.273. The van der Waals surface area contributed by atoms with Crippen molar-refractivity contribution in [1.82, 2.24) is 10.2 Å². The van der Waals surface area contributed by atoms with Crippen LogP contribution in [0.2, 0.25) is 5.02 Å². The molecule has 1 saturated heterocycles. The first-order chi connectivity index (χ1) is 10.6. The maximum atomic E-state index is 13.2. The Labute approximate surface area is 139 Å². The van der Waals surface area contributed by atoms with E-state index in [9.17, 15) is 4.79 Å². The molecule has 4 heteroatoms. The van der Waals surface area contributed by atoms with Crippen LogP contribution in [0.5, 0.6) is 0 Å². The molecule has 0 bridgehead atoms. The van der Waals surface area contributed by atoms with Crippen molar-refractivity contribution in [2.75, 3.05) is 20.1 Å². The zero-order valence-corrected chi connectivity index (χ0v) is 14.6. The van der Waals surface area contributed by atoms with Gasteiger partial charge in [0.25, 0.3) is 0 Å². The van der Waals surface area contributed by atoms with Crippen LogP contribution in [0, 0.1) is 0 Å². The molecule has 3 nitrogen and oxygen atoms in total. The van der Waals surface area contributed by atoms with Gasteiger partial charge in [-0.1, -0.05) is 37.6 Å². The summed E-state index contributed by atoms with van der Waals surface area (Å²) in [4.78, 5) is 15.3. The normalized spacial score (nSPS) is 16.8. The summed E-state index contributed by atoms with van der Waals surface area (Å²) < 4.78 is 0. The number of halogens is 1. The van der Waals surface area contributed by atoms with Gasteiger partial charge in [0.2, 0.25) is 5.91 Å². The first kappa shape index (κ1) is 17.3. The predicted molar refractivity (Wildman–Crippen MR) is 92.4 cm³/mol. The van der Waals surface area contributed by atoms with Crippen molar-refractivity contribution in [3.8, 4) is 0 Å². The number of nitrogens with one attached hydrogen (secondary N) is 1. The van der Waals surface area contributed by atoms with Crippen LogP contribution in [0.1, 0.15) is 45.1 Å². The molecule has 0 aliphatic carbocycles. The van der Waals surface area contributed by atoms with Gasteiger partial charge in [-0.25, -0.2) is 0 Å². The summed E-state index contributed by atoms with van der Waals surface area (Å²) >= 11 is 6.01. The van der Waals surface area contributed by atoms with E-state index in [2.05, 4.69) is 24.1 Å². The maximum absolute atomic E-state index is 13.2. The van der Waals surface area contributed by atoms with Gasteiger partial charge in [-0.2, -0.15) is 0 Å². The summed E-state index contributed by atoms with van der Waals surface area (Å²) in [6.07, 6.45) is 3.70. The van der Waals surface area contributed by atoms with Crippen LogP contribution in [0.3, 0.4) is 0 Å². The number of carbonyl (C=O) groups is 1. The highest BCUT2D eigenvalue weighted by molar-refractivity contribution is 6.30. The molecule has 0 saturated carbocycles. The van der Waals surface area contributed by atoms with E-state index in [1.54, 1.807) is 0 Å². The van der Waals surface area contributed by atoms with Crippen LogP contribution in [-0.4, -0.2) is 37.0 Å². The molecule has 1 aromatic carbocycles. The number of hydrogen-bond donors (Lipinski definition) is 1. The standard InChI is InChI=1S/C18H27ClN2O/c1-4-18(5-2,14-6-8-15(19)9-7-14)17(22)21-12-10-16(20-3)11-13-21/h6-9,16,20H,4-5,10-13H2,1-3H3. The van der Waals surface area contributed by atoms with Gasteiger partial charge in [-0.15, -0.1) is 0 Å². The highest BCUT2D eigenvalue weighted by Crippen LogP contribution is 2.35. The molecule has 0 aromatic heterocycles. The van der Waals surface area contributed by atoms with Gasteiger partial charge >= 0.3 is 0 Å². The highest BCUT2D eigenvalue weighted by Gasteiger charge is 2.40. The van der Waals surface area contributed by atoms with Crippen molar-refractivity contribution in [2.45, 2.75) is 51.0 Å². The molecular formula is C18H27ClN2O. The Bertz CT molecular complexity index is 488. The molecule has 0 radical (unpaired) electrons. The first-order valence-corrected chi connectivity index (χ1v) is 8.67. The predicted octanol–water partition coefficient (Wildman–Crippen LogP) is 3.61. The van der Waals surface area contributed by atoms with E-state index in [1.165, 1.54) is 0 Å². The number of amides is 1. The van der Waals surface area contributed by atoms with Crippen LogP contribution in [0.25, 0.3) is 0 Å². The number of piperidine rings is 1. The molecule has 1 aromatic rings. The summed E-state index contributed by atoms with van der Waals surface area (Å²) in [5.41, 5.74) is 0.666. The molecule has 22 heavy (non-hydrogen) atoms. The molecule has 0 unspecified atom stereocenters. The lowest BCUT2D eigenvalue weighted by molar-refractivity contribution is -0.139. The molecule has 122 valence electrons. The molecule has 0 spiro atoms. The number of likely N-dealkylation sites (tertiary alicyclic amines) is 1. The number of benzene rings is 1. The van der Waals surface area contributed by atoms with E-state index >= 15 is 0 Å². The summed E-state index contributed by atoms with van der Waals surface area (Å²) in [7, 11) is 2.00. The lowest BCUT2D eigenvalue weighted by atomic mass is 9.74. The Hall–Kier alpha value is -1.06. The third-order valence-corrected chi connectivity index (χ3v) is 5.46. The molecule has 1 fully saturated rings. The SMILES string of the molecule is CCC(CC)(C(=O)N1CCC(NC)CC1)c1ccc(Cl)cc1. The van der Waals surface area contributed by atoms with Crippen molar-refractivity contribution in [2.24, 2.45) is 0 Å². The molecule has 1 heterocycles. The van der Waals surface area contributed by atoms with Gasteiger partial charge in [0.05, 0.1) is 5.41 Å². The van der Waals surface area contributed by atoms with Gasteiger partial charge in [-0.3, -0.25) is 4.79 Å². The Morgan fingerprint density at radius 1 is 1.23 bits per heavy atom. The molecule has 1 amide bonds. The van der Waals surface area contributed by atoms with Crippen LogP contribution < -0.4 is 5.32 Å². The van der Waals surface area contributed by atoms with E-state index in [4.69, 9.17) is 11.6 Å². The topological polar surface area (TPSA) is 32.3 Å². The average molecular weight is 323 g/mol. The second-order valence-electron chi connectivity index (χ2n) is 6.15. The Kier molecular flexibility index (Phi) is 5.87. The zero-order chi connectivity index (χ0) is 16.2. The first-order valence-electron chi connectivity index (χ1n) is 8.30. The van der Waals surface area contributed by atoms with Crippen molar-refractivity contribution in [1.29, 1.82) is 0 Å². The van der Waals surface area contributed by atoms with E-state index in [-0.39, 0.29) is 5.91 Å². The van der Waals surface area contributed by atoms with Crippen molar-refractivity contribution < 1.29 is 4.79 Å². The average Bonchev–Trinajstić information content (AvgIpc) is 2.58. The smallest absolute Gasteiger partial charge is 0.233 e. The van der Waals surface area contributed by atoms with Crippen molar-refractivity contribution >= 4 is 17.5 Å². The quantitative estimate of drug-likeness (QED) is 0.898. The number of nitrogens with zero attached hydrogens (tertiary/aromatic N) is 1. The third kappa shape index (κ3) is 3.31. The fourth-order valence-electron chi connectivity index (χ4n) is 3.53. The molecule has 1 N–H and O–H groups in total. The zero-order valence-electron chi connectivity index (χ0n) is 13.9. The summed E-state index contributed by atoms with van der Waals surface area (Å²) in [6.45, 7) is 5.91. The highest BCUT2D eigenvalue weighted by atomic mass is 35.5. The number of carbonyl (C=O) groups excluding carboxylic acids is 1. The van der Waals surface area contributed by atoms with Gasteiger partial charge in [0, 0.05) is 24.2 Å². The van der Waals surface area contributed by atoms with E-state index in [1.807, 2.05) is 31.3 Å². The summed E-state index contributed by atoms with van der Waals surface area (Å²) in [5, 5.41) is 4.03. The summed E-state index contributed by atoms with van der Waals surface area (Å²) in [6, 6.07) is 8.33. The second-order valence-corrected chi connectivity index (χ2v) is 6.59. The Balaban J connectivity index is 2.23. The monoisotopic (exact) mass is 322 g/mol.